The zero-order valence-corrected chi connectivity index (χ0v) is 12.5. The minimum Gasteiger partial charge on any atom is -0.330 e. The predicted octanol–water partition coefficient (Wildman–Crippen LogP) is 2.83. The third-order valence-electron chi connectivity index (χ3n) is 3.45. The van der Waals surface area contributed by atoms with Gasteiger partial charge in [0.2, 0.25) is 5.91 Å². The standard InChI is InChI=1S/C16H26N2O/c1-5-13-6-8-15(9-7-13)18(4)16(19)14(11-17)10-12(2)3/h6-9,12,14H,5,10-11,17H2,1-4H3. The summed E-state index contributed by atoms with van der Waals surface area (Å²) in [5.41, 5.74) is 7.95. The molecule has 2 N–H and O–H groups in total. The summed E-state index contributed by atoms with van der Waals surface area (Å²) >= 11 is 0. The number of hydrogen-bond donors (Lipinski definition) is 1. The van der Waals surface area contributed by atoms with Gasteiger partial charge < -0.3 is 10.6 Å². The Labute approximate surface area is 116 Å². The molecule has 1 aromatic carbocycles. The SMILES string of the molecule is CCc1ccc(N(C)C(=O)C(CN)CC(C)C)cc1. The molecule has 0 radical (unpaired) electrons. The van der Waals surface area contributed by atoms with Gasteiger partial charge in [-0.25, -0.2) is 0 Å². The molecule has 1 atom stereocenters. The molecule has 0 fully saturated rings. The summed E-state index contributed by atoms with van der Waals surface area (Å²) in [7, 11) is 1.83. The van der Waals surface area contributed by atoms with Gasteiger partial charge in [-0.05, 0) is 36.5 Å². The van der Waals surface area contributed by atoms with Gasteiger partial charge in [-0.15, -0.1) is 0 Å². The average molecular weight is 262 g/mol. The molecule has 0 heterocycles. The fourth-order valence-corrected chi connectivity index (χ4v) is 2.22. The fraction of sp³-hybridized carbons (Fsp3) is 0.562. The van der Waals surface area contributed by atoms with E-state index in [2.05, 4.69) is 32.9 Å². The molecule has 0 bridgehead atoms. The maximum Gasteiger partial charge on any atom is 0.231 e. The van der Waals surface area contributed by atoms with Crippen LogP contribution in [0.4, 0.5) is 5.69 Å². The summed E-state index contributed by atoms with van der Waals surface area (Å²) in [4.78, 5) is 14.1. The van der Waals surface area contributed by atoms with Gasteiger partial charge in [-0.3, -0.25) is 4.79 Å². The minimum atomic E-state index is -0.0872. The van der Waals surface area contributed by atoms with Crippen molar-refractivity contribution in [3.8, 4) is 0 Å². The van der Waals surface area contributed by atoms with Gasteiger partial charge in [0.15, 0.2) is 0 Å². The molecular weight excluding hydrogens is 236 g/mol. The molecule has 0 aromatic heterocycles. The molecule has 106 valence electrons. The van der Waals surface area contributed by atoms with Crippen LogP contribution in [0.3, 0.4) is 0 Å². The molecule has 1 amide bonds. The number of anilines is 1. The number of rotatable bonds is 6. The summed E-state index contributed by atoms with van der Waals surface area (Å²) in [6.45, 7) is 6.77. The monoisotopic (exact) mass is 262 g/mol. The molecule has 0 spiro atoms. The molecule has 19 heavy (non-hydrogen) atoms. The van der Waals surface area contributed by atoms with E-state index < -0.39 is 0 Å². The third-order valence-corrected chi connectivity index (χ3v) is 3.45. The van der Waals surface area contributed by atoms with Crippen LogP contribution >= 0.6 is 0 Å². The molecule has 1 rings (SSSR count). The lowest BCUT2D eigenvalue weighted by Gasteiger charge is -2.24. The highest BCUT2D eigenvalue weighted by Crippen LogP contribution is 2.19. The number of benzene rings is 1. The number of hydrogen-bond acceptors (Lipinski definition) is 2. The molecule has 3 heteroatoms. The van der Waals surface area contributed by atoms with Gasteiger partial charge in [-0.2, -0.15) is 0 Å². The number of amides is 1. The maximum absolute atomic E-state index is 12.4. The van der Waals surface area contributed by atoms with Crippen molar-refractivity contribution >= 4 is 11.6 Å². The Morgan fingerprint density at radius 2 is 1.84 bits per heavy atom. The first kappa shape index (κ1) is 15.7. The Kier molecular flexibility index (Phi) is 6.03. The van der Waals surface area contributed by atoms with E-state index in [-0.39, 0.29) is 11.8 Å². The highest BCUT2D eigenvalue weighted by molar-refractivity contribution is 5.94. The van der Waals surface area contributed by atoms with Gasteiger partial charge in [0.25, 0.3) is 0 Å². The van der Waals surface area contributed by atoms with Crippen molar-refractivity contribution in [2.45, 2.75) is 33.6 Å². The van der Waals surface area contributed by atoms with Crippen LogP contribution in [-0.4, -0.2) is 19.5 Å². The van der Waals surface area contributed by atoms with Crippen molar-refractivity contribution in [3.63, 3.8) is 0 Å². The van der Waals surface area contributed by atoms with Crippen LogP contribution in [0.1, 0.15) is 32.8 Å². The molecule has 0 saturated carbocycles. The molecule has 0 aliphatic rings. The van der Waals surface area contributed by atoms with Crippen molar-refractivity contribution in [2.24, 2.45) is 17.6 Å². The van der Waals surface area contributed by atoms with E-state index in [1.807, 2.05) is 19.2 Å². The van der Waals surface area contributed by atoms with Gasteiger partial charge in [0, 0.05) is 19.3 Å². The lowest BCUT2D eigenvalue weighted by atomic mass is 9.96. The highest BCUT2D eigenvalue weighted by atomic mass is 16.2. The Hall–Kier alpha value is -1.35. The average Bonchev–Trinajstić information content (AvgIpc) is 2.43. The van der Waals surface area contributed by atoms with Crippen LogP contribution in [-0.2, 0) is 11.2 Å². The van der Waals surface area contributed by atoms with Gasteiger partial charge in [-0.1, -0.05) is 32.9 Å². The van der Waals surface area contributed by atoms with Crippen molar-refractivity contribution < 1.29 is 4.79 Å². The summed E-state index contributed by atoms with van der Waals surface area (Å²) < 4.78 is 0. The van der Waals surface area contributed by atoms with Crippen LogP contribution in [0.2, 0.25) is 0 Å². The van der Waals surface area contributed by atoms with Crippen LogP contribution in [0, 0.1) is 11.8 Å². The summed E-state index contributed by atoms with van der Waals surface area (Å²) in [6.07, 6.45) is 1.85. The van der Waals surface area contributed by atoms with Gasteiger partial charge >= 0.3 is 0 Å². The Morgan fingerprint density at radius 1 is 1.26 bits per heavy atom. The van der Waals surface area contributed by atoms with Crippen LogP contribution in [0.25, 0.3) is 0 Å². The Bertz CT molecular complexity index is 398. The van der Waals surface area contributed by atoms with E-state index in [4.69, 9.17) is 5.73 Å². The van der Waals surface area contributed by atoms with Crippen molar-refractivity contribution in [3.05, 3.63) is 29.8 Å². The lowest BCUT2D eigenvalue weighted by Crippen LogP contribution is -2.37. The molecule has 1 aromatic rings. The first-order valence-electron chi connectivity index (χ1n) is 7.06. The van der Waals surface area contributed by atoms with E-state index in [9.17, 15) is 4.79 Å². The summed E-state index contributed by atoms with van der Waals surface area (Å²) in [6, 6.07) is 8.14. The van der Waals surface area contributed by atoms with Gasteiger partial charge in [0.1, 0.15) is 0 Å². The largest absolute Gasteiger partial charge is 0.330 e. The third kappa shape index (κ3) is 4.35. The maximum atomic E-state index is 12.4. The lowest BCUT2D eigenvalue weighted by molar-refractivity contribution is -0.122. The fourth-order valence-electron chi connectivity index (χ4n) is 2.22. The topological polar surface area (TPSA) is 46.3 Å². The minimum absolute atomic E-state index is 0.0872. The van der Waals surface area contributed by atoms with Crippen molar-refractivity contribution in [2.75, 3.05) is 18.5 Å². The van der Waals surface area contributed by atoms with E-state index in [1.165, 1.54) is 5.56 Å². The zero-order chi connectivity index (χ0) is 14.4. The Balaban J connectivity index is 2.78. The van der Waals surface area contributed by atoms with Gasteiger partial charge in [0.05, 0.1) is 5.92 Å². The van der Waals surface area contributed by atoms with Crippen molar-refractivity contribution in [1.29, 1.82) is 0 Å². The van der Waals surface area contributed by atoms with Crippen LogP contribution < -0.4 is 10.6 Å². The first-order chi connectivity index (χ1) is 8.99. The second-order valence-electron chi connectivity index (χ2n) is 5.48. The van der Waals surface area contributed by atoms with Crippen LogP contribution in [0.5, 0.6) is 0 Å². The smallest absolute Gasteiger partial charge is 0.231 e. The molecule has 0 aliphatic carbocycles. The normalized spacial score (nSPS) is 12.5. The number of nitrogens with two attached hydrogens (primary N) is 1. The second-order valence-corrected chi connectivity index (χ2v) is 5.48. The van der Waals surface area contributed by atoms with E-state index in [0.717, 1.165) is 18.5 Å². The molecule has 1 unspecified atom stereocenters. The summed E-state index contributed by atoms with van der Waals surface area (Å²) in [5, 5.41) is 0. The second kappa shape index (κ2) is 7.29. The van der Waals surface area contributed by atoms with E-state index >= 15 is 0 Å². The number of nitrogens with zero attached hydrogens (tertiary/aromatic N) is 1. The number of carbonyl (C=O) groups is 1. The molecule has 3 nitrogen and oxygen atoms in total. The van der Waals surface area contributed by atoms with E-state index in [0.29, 0.717) is 12.5 Å². The number of carbonyl (C=O) groups excluding carboxylic acids is 1. The van der Waals surface area contributed by atoms with Crippen molar-refractivity contribution in [1.82, 2.24) is 0 Å². The molecule has 0 saturated heterocycles. The van der Waals surface area contributed by atoms with Crippen LogP contribution in [0.15, 0.2) is 24.3 Å². The predicted molar refractivity (Wildman–Crippen MR) is 81.2 cm³/mol. The quantitative estimate of drug-likeness (QED) is 0.857. The highest BCUT2D eigenvalue weighted by Gasteiger charge is 2.22. The molecule has 0 aliphatic heterocycles. The zero-order valence-electron chi connectivity index (χ0n) is 12.5. The number of aryl methyl sites for hydroxylation is 1. The summed E-state index contributed by atoms with van der Waals surface area (Å²) in [5.74, 6) is 0.504. The molecular formula is C16H26N2O. The van der Waals surface area contributed by atoms with E-state index in [1.54, 1.807) is 4.90 Å². The first-order valence-corrected chi connectivity index (χ1v) is 7.06. The Morgan fingerprint density at radius 3 is 2.26 bits per heavy atom.